The molecule has 0 aromatic heterocycles. The van der Waals surface area contributed by atoms with Crippen molar-refractivity contribution in [1.29, 1.82) is 0 Å². The maximum atomic E-state index is 9.11. The Morgan fingerprint density at radius 2 is 2.25 bits per heavy atom. The van der Waals surface area contributed by atoms with Gasteiger partial charge in [-0.15, -0.1) is 0 Å². The smallest absolute Gasteiger partial charge is 0.134 e. The van der Waals surface area contributed by atoms with Crippen molar-refractivity contribution in [2.75, 3.05) is 0 Å². The summed E-state index contributed by atoms with van der Waals surface area (Å²) < 4.78 is 0. The van der Waals surface area contributed by atoms with E-state index in [0.717, 1.165) is 12.0 Å². The first-order chi connectivity index (χ1) is 5.59. The minimum Gasteiger partial charge on any atom is -0.506 e. The van der Waals surface area contributed by atoms with Gasteiger partial charge in [-0.05, 0) is 31.0 Å². The van der Waals surface area contributed by atoms with Gasteiger partial charge in [0.05, 0.1) is 5.02 Å². The van der Waals surface area contributed by atoms with Gasteiger partial charge in [0.15, 0.2) is 0 Å². The molecule has 3 N–H and O–H groups in total. The average molecular weight is 186 g/mol. The Bertz CT molecular complexity index is 273. The lowest BCUT2D eigenvalue weighted by Gasteiger charge is -2.05. The fourth-order valence-electron chi connectivity index (χ4n) is 1.05. The summed E-state index contributed by atoms with van der Waals surface area (Å²) in [7, 11) is 0. The average Bonchev–Trinajstić information content (AvgIpc) is 1.96. The maximum absolute atomic E-state index is 9.11. The van der Waals surface area contributed by atoms with Gasteiger partial charge in [-0.2, -0.15) is 0 Å². The zero-order valence-electron chi connectivity index (χ0n) is 6.92. The third kappa shape index (κ3) is 2.40. The van der Waals surface area contributed by atoms with Gasteiger partial charge in [0.2, 0.25) is 0 Å². The van der Waals surface area contributed by atoms with E-state index >= 15 is 0 Å². The van der Waals surface area contributed by atoms with E-state index in [1.807, 2.05) is 13.0 Å². The SMILES string of the molecule is C[C@@H](N)Cc1ccc(O)c(Cl)c1. The Hall–Kier alpha value is -0.730. The van der Waals surface area contributed by atoms with Gasteiger partial charge in [-0.25, -0.2) is 0 Å². The third-order valence-electron chi connectivity index (χ3n) is 1.57. The molecule has 12 heavy (non-hydrogen) atoms. The molecular weight excluding hydrogens is 174 g/mol. The first kappa shape index (κ1) is 9.36. The highest BCUT2D eigenvalue weighted by Crippen LogP contribution is 2.23. The van der Waals surface area contributed by atoms with Crippen LogP contribution in [0.25, 0.3) is 0 Å². The predicted molar refractivity (Wildman–Crippen MR) is 50.5 cm³/mol. The molecule has 3 heteroatoms. The van der Waals surface area contributed by atoms with Crippen LogP contribution in [0.5, 0.6) is 5.75 Å². The molecule has 0 saturated carbocycles. The Morgan fingerprint density at radius 1 is 1.58 bits per heavy atom. The van der Waals surface area contributed by atoms with Gasteiger partial charge < -0.3 is 10.8 Å². The Labute approximate surface area is 77.0 Å². The second-order valence-electron chi connectivity index (χ2n) is 2.97. The molecule has 66 valence electrons. The largest absolute Gasteiger partial charge is 0.506 e. The van der Waals surface area contributed by atoms with Gasteiger partial charge in [-0.1, -0.05) is 17.7 Å². The van der Waals surface area contributed by atoms with E-state index in [0.29, 0.717) is 5.02 Å². The summed E-state index contributed by atoms with van der Waals surface area (Å²) in [6, 6.07) is 5.26. The lowest BCUT2D eigenvalue weighted by atomic mass is 10.1. The number of hydrogen-bond acceptors (Lipinski definition) is 2. The summed E-state index contributed by atoms with van der Waals surface area (Å²) in [5, 5.41) is 9.50. The fraction of sp³-hybridized carbons (Fsp3) is 0.333. The molecule has 0 fully saturated rings. The first-order valence-corrected chi connectivity index (χ1v) is 4.20. The fourth-order valence-corrected chi connectivity index (χ4v) is 1.25. The second-order valence-corrected chi connectivity index (χ2v) is 3.37. The van der Waals surface area contributed by atoms with E-state index in [2.05, 4.69) is 0 Å². The van der Waals surface area contributed by atoms with Gasteiger partial charge >= 0.3 is 0 Å². The molecule has 2 nitrogen and oxygen atoms in total. The van der Waals surface area contributed by atoms with Crippen LogP contribution >= 0.6 is 11.6 Å². The molecule has 0 heterocycles. The van der Waals surface area contributed by atoms with Crippen molar-refractivity contribution in [3.63, 3.8) is 0 Å². The molecule has 1 atom stereocenters. The molecule has 1 aromatic carbocycles. The highest BCUT2D eigenvalue weighted by Gasteiger charge is 2.01. The number of nitrogens with two attached hydrogens (primary N) is 1. The highest BCUT2D eigenvalue weighted by molar-refractivity contribution is 6.32. The number of benzene rings is 1. The summed E-state index contributed by atoms with van der Waals surface area (Å²) >= 11 is 5.71. The van der Waals surface area contributed by atoms with Crippen LogP contribution < -0.4 is 5.73 Å². The summed E-state index contributed by atoms with van der Waals surface area (Å²) in [5.41, 5.74) is 6.66. The highest BCUT2D eigenvalue weighted by atomic mass is 35.5. The van der Waals surface area contributed by atoms with E-state index in [-0.39, 0.29) is 11.8 Å². The van der Waals surface area contributed by atoms with Crippen molar-refractivity contribution in [3.8, 4) is 5.75 Å². The van der Waals surface area contributed by atoms with E-state index in [1.54, 1.807) is 12.1 Å². The van der Waals surface area contributed by atoms with Crippen LogP contribution in [0.4, 0.5) is 0 Å². The van der Waals surface area contributed by atoms with Gasteiger partial charge in [0.1, 0.15) is 5.75 Å². The van der Waals surface area contributed by atoms with Crippen molar-refractivity contribution in [1.82, 2.24) is 0 Å². The van der Waals surface area contributed by atoms with Gasteiger partial charge in [0, 0.05) is 6.04 Å². The van der Waals surface area contributed by atoms with Gasteiger partial charge in [0.25, 0.3) is 0 Å². The minimum atomic E-state index is 0.116. The number of hydrogen-bond donors (Lipinski definition) is 2. The Balaban J connectivity index is 2.82. The number of phenolic OH excluding ortho intramolecular Hbond substituents is 1. The van der Waals surface area contributed by atoms with Crippen molar-refractivity contribution >= 4 is 11.6 Å². The van der Waals surface area contributed by atoms with E-state index in [4.69, 9.17) is 22.4 Å². The zero-order valence-corrected chi connectivity index (χ0v) is 7.67. The van der Waals surface area contributed by atoms with E-state index in [9.17, 15) is 0 Å². The molecule has 0 bridgehead atoms. The second kappa shape index (κ2) is 3.78. The lowest BCUT2D eigenvalue weighted by molar-refractivity contribution is 0.475. The molecular formula is C9H12ClNO. The molecule has 1 aromatic rings. The molecule has 0 aliphatic carbocycles. The molecule has 0 aliphatic rings. The van der Waals surface area contributed by atoms with E-state index < -0.39 is 0 Å². The zero-order chi connectivity index (χ0) is 9.14. The monoisotopic (exact) mass is 185 g/mol. The number of halogens is 1. The van der Waals surface area contributed by atoms with Crippen molar-refractivity contribution in [2.45, 2.75) is 19.4 Å². The first-order valence-electron chi connectivity index (χ1n) is 3.82. The van der Waals surface area contributed by atoms with Crippen LogP contribution in [0.1, 0.15) is 12.5 Å². The van der Waals surface area contributed by atoms with Crippen LogP contribution in [-0.4, -0.2) is 11.1 Å². The molecule has 0 unspecified atom stereocenters. The molecule has 0 spiro atoms. The van der Waals surface area contributed by atoms with Crippen molar-refractivity contribution in [2.24, 2.45) is 5.73 Å². The lowest BCUT2D eigenvalue weighted by Crippen LogP contribution is -2.17. The summed E-state index contributed by atoms with van der Waals surface area (Å²) in [5.74, 6) is 0.116. The standard InChI is InChI=1S/C9H12ClNO/c1-6(11)4-7-2-3-9(12)8(10)5-7/h2-3,5-6,12H,4,11H2,1H3/t6-/m1/s1. The van der Waals surface area contributed by atoms with Crippen LogP contribution in [0.2, 0.25) is 5.02 Å². The summed E-state index contributed by atoms with van der Waals surface area (Å²) in [4.78, 5) is 0. The van der Waals surface area contributed by atoms with E-state index in [1.165, 1.54) is 0 Å². The predicted octanol–water partition coefficient (Wildman–Crippen LogP) is 1.94. The van der Waals surface area contributed by atoms with Crippen molar-refractivity contribution in [3.05, 3.63) is 28.8 Å². The molecule has 0 amide bonds. The number of rotatable bonds is 2. The normalized spacial score (nSPS) is 12.9. The maximum Gasteiger partial charge on any atom is 0.134 e. The minimum absolute atomic E-state index is 0.116. The third-order valence-corrected chi connectivity index (χ3v) is 1.87. The molecule has 0 radical (unpaired) electrons. The van der Waals surface area contributed by atoms with Crippen LogP contribution in [0.15, 0.2) is 18.2 Å². The molecule has 1 rings (SSSR count). The number of phenols is 1. The van der Waals surface area contributed by atoms with Crippen molar-refractivity contribution < 1.29 is 5.11 Å². The Morgan fingerprint density at radius 3 is 2.75 bits per heavy atom. The van der Waals surface area contributed by atoms with Crippen LogP contribution in [-0.2, 0) is 6.42 Å². The summed E-state index contributed by atoms with van der Waals surface area (Å²) in [6.07, 6.45) is 0.778. The van der Waals surface area contributed by atoms with Gasteiger partial charge in [-0.3, -0.25) is 0 Å². The molecule has 0 saturated heterocycles. The number of aromatic hydroxyl groups is 1. The quantitative estimate of drug-likeness (QED) is 0.740. The summed E-state index contributed by atoms with van der Waals surface area (Å²) in [6.45, 7) is 1.93. The molecule has 0 aliphatic heterocycles. The van der Waals surface area contributed by atoms with Crippen LogP contribution in [0, 0.1) is 0 Å². The Kier molecular flexibility index (Phi) is 2.95. The van der Waals surface area contributed by atoms with Crippen LogP contribution in [0.3, 0.4) is 0 Å². The topological polar surface area (TPSA) is 46.2 Å².